The van der Waals surface area contributed by atoms with Gasteiger partial charge in [0.2, 0.25) is 0 Å². The van der Waals surface area contributed by atoms with Crippen LogP contribution in [-0.2, 0) is 10.9 Å². The molecule has 0 bridgehead atoms. The maximum absolute atomic E-state index is 12.5. The highest BCUT2D eigenvalue weighted by Gasteiger charge is 2.32. The summed E-state index contributed by atoms with van der Waals surface area (Å²) in [6, 6.07) is 3.01. The van der Waals surface area contributed by atoms with Gasteiger partial charge in [0.15, 0.2) is 0 Å². The summed E-state index contributed by atoms with van der Waals surface area (Å²) in [4.78, 5) is 11.8. The predicted octanol–water partition coefficient (Wildman–Crippen LogP) is 4.27. The number of rotatable bonds is 1. The van der Waals surface area contributed by atoms with E-state index in [1.165, 1.54) is 6.07 Å². The first-order valence-corrected chi connectivity index (χ1v) is 6.19. The Labute approximate surface area is 117 Å². The molecular formula is C12H12F3IO2. The number of esters is 1. The maximum atomic E-state index is 12.5. The normalized spacial score (nSPS) is 12.4. The third-order valence-corrected chi connectivity index (χ3v) is 2.85. The summed E-state index contributed by atoms with van der Waals surface area (Å²) >= 11 is 1.80. The van der Waals surface area contributed by atoms with Crippen LogP contribution in [0.15, 0.2) is 18.2 Å². The van der Waals surface area contributed by atoms with Crippen LogP contribution >= 0.6 is 22.6 Å². The number of carbonyl (C=O) groups excluding carboxylic acids is 1. The second-order valence-corrected chi connectivity index (χ2v) is 5.86. The van der Waals surface area contributed by atoms with Gasteiger partial charge < -0.3 is 4.74 Å². The highest BCUT2D eigenvalue weighted by Crippen LogP contribution is 2.31. The smallest absolute Gasteiger partial charge is 0.416 e. The Bertz CT molecular complexity index is 461. The van der Waals surface area contributed by atoms with Crippen LogP contribution in [0.5, 0.6) is 0 Å². The predicted molar refractivity (Wildman–Crippen MR) is 69.3 cm³/mol. The average molecular weight is 372 g/mol. The number of halogens is 4. The monoisotopic (exact) mass is 372 g/mol. The second kappa shape index (κ2) is 5.07. The Morgan fingerprint density at radius 2 is 1.78 bits per heavy atom. The molecule has 1 aromatic carbocycles. The molecule has 1 rings (SSSR count). The summed E-state index contributed by atoms with van der Waals surface area (Å²) < 4.78 is 43.1. The highest BCUT2D eigenvalue weighted by molar-refractivity contribution is 14.1. The molecule has 0 saturated carbocycles. The van der Waals surface area contributed by atoms with Crippen LogP contribution in [0, 0.1) is 3.57 Å². The molecule has 0 atom stereocenters. The van der Waals surface area contributed by atoms with E-state index in [1.807, 2.05) is 0 Å². The quantitative estimate of drug-likeness (QED) is 0.544. The van der Waals surface area contributed by atoms with Crippen molar-refractivity contribution in [2.75, 3.05) is 0 Å². The number of hydrogen-bond acceptors (Lipinski definition) is 2. The Morgan fingerprint density at radius 1 is 1.22 bits per heavy atom. The molecule has 0 N–H and O–H groups in total. The zero-order valence-electron chi connectivity index (χ0n) is 10.1. The molecule has 0 aliphatic heterocycles. The van der Waals surface area contributed by atoms with Crippen molar-refractivity contribution >= 4 is 28.6 Å². The van der Waals surface area contributed by atoms with Crippen molar-refractivity contribution < 1.29 is 22.7 Å². The molecule has 0 aliphatic carbocycles. The summed E-state index contributed by atoms with van der Waals surface area (Å²) in [5.74, 6) is -0.752. The molecule has 0 amide bonds. The molecular weight excluding hydrogens is 360 g/mol. The minimum Gasteiger partial charge on any atom is -0.456 e. The van der Waals surface area contributed by atoms with Crippen LogP contribution < -0.4 is 0 Å². The van der Waals surface area contributed by atoms with E-state index in [1.54, 1.807) is 43.4 Å². The van der Waals surface area contributed by atoms with E-state index in [-0.39, 0.29) is 5.56 Å². The maximum Gasteiger partial charge on any atom is 0.416 e. The number of alkyl halides is 3. The lowest BCUT2D eigenvalue weighted by molar-refractivity contribution is -0.137. The van der Waals surface area contributed by atoms with Gasteiger partial charge >= 0.3 is 12.1 Å². The summed E-state index contributed by atoms with van der Waals surface area (Å²) in [7, 11) is 0. The summed E-state index contributed by atoms with van der Waals surface area (Å²) in [6.45, 7) is 4.97. The molecule has 0 spiro atoms. The summed E-state index contributed by atoms with van der Waals surface area (Å²) in [5.41, 5.74) is -1.67. The van der Waals surface area contributed by atoms with Crippen molar-refractivity contribution in [2.45, 2.75) is 32.5 Å². The van der Waals surface area contributed by atoms with E-state index in [9.17, 15) is 18.0 Å². The van der Waals surface area contributed by atoms with Gasteiger partial charge in [0.1, 0.15) is 5.60 Å². The Balaban J connectivity index is 3.13. The van der Waals surface area contributed by atoms with Crippen molar-refractivity contribution in [1.82, 2.24) is 0 Å². The highest BCUT2D eigenvalue weighted by atomic mass is 127. The van der Waals surface area contributed by atoms with Gasteiger partial charge in [-0.25, -0.2) is 4.79 Å². The van der Waals surface area contributed by atoms with Crippen molar-refractivity contribution in [3.63, 3.8) is 0 Å². The number of carbonyl (C=O) groups is 1. The molecule has 0 heterocycles. The molecule has 0 aliphatic rings. The number of hydrogen-bond donors (Lipinski definition) is 0. The minimum absolute atomic E-state index is 0.0691. The van der Waals surface area contributed by atoms with E-state index < -0.39 is 23.3 Å². The van der Waals surface area contributed by atoms with Crippen LogP contribution in [-0.4, -0.2) is 11.6 Å². The van der Waals surface area contributed by atoms with Gasteiger partial charge in [-0.05, 0) is 61.6 Å². The molecule has 0 radical (unpaired) electrons. The summed E-state index contributed by atoms with van der Waals surface area (Å²) in [5, 5.41) is 0. The first-order chi connectivity index (χ1) is 8.00. The fraction of sp³-hybridized carbons (Fsp3) is 0.417. The van der Waals surface area contributed by atoms with Crippen molar-refractivity contribution in [3.8, 4) is 0 Å². The van der Waals surface area contributed by atoms with Crippen molar-refractivity contribution in [2.24, 2.45) is 0 Å². The zero-order chi connectivity index (χ0) is 14.1. The molecule has 0 aromatic heterocycles. The SMILES string of the molecule is CC(C)(C)OC(=O)c1cc(C(F)(F)F)ccc1I. The lowest BCUT2D eigenvalue weighted by Gasteiger charge is -2.20. The van der Waals surface area contributed by atoms with Gasteiger partial charge in [0, 0.05) is 3.57 Å². The first-order valence-electron chi connectivity index (χ1n) is 5.11. The fourth-order valence-electron chi connectivity index (χ4n) is 1.19. The lowest BCUT2D eigenvalue weighted by atomic mass is 10.1. The van der Waals surface area contributed by atoms with Crippen LogP contribution in [0.2, 0.25) is 0 Å². The summed E-state index contributed by atoms with van der Waals surface area (Å²) in [6.07, 6.45) is -4.47. The van der Waals surface area contributed by atoms with Crippen LogP contribution in [0.1, 0.15) is 36.7 Å². The van der Waals surface area contributed by atoms with Crippen molar-refractivity contribution in [3.05, 3.63) is 32.9 Å². The fourth-order valence-corrected chi connectivity index (χ4v) is 1.75. The van der Waals surface area contributed by atoms with E-state index in [2.05, 4.69) is 0 Å². The number of benzene rings is 1. The molecule has 6 heteroatoms. The number of ether oxygens (including phenoxy) is 1. The first kappa shape index (κ1) is 15.3. The van der Waals surface area contributed by atoms with Gasteiger partial charge in [-0.3, -0.25) is 0 Å². The van der Waals surface area contributed by atoms with E-state index in [0.29, 0.717) is 3.57 Å². The molecule has 100 valence electrons. The minimum atomic E-state index is -4.47. The Morgan fingerprint density at radius 3 is 2.22 bits per heavy atom. The third-order valence-electron chi connectivity index (χ3n) is 1.91. The molecule has 0 fully saturated rings. The van der Waals surface area contributed by atoms with Gasteiger partial charge in [-0.2, -0.15) is 13.2 Å². The van der Waals surface area contributed by atoms with Crippen LogP contribution in [0.4, 0.5) is 13.2 Å². The topological polar surface area (TPSA) is 26.3 Å². The standard InChI is InChI=1S/C12H12F3IO2/c1-11(2,3)18-10(17)8-6-7(12(13,14)15)4-5-9(8)16/h4-6H,1-3H3. The second-order valence-electron chi connectivity index (χ2n) is 4.69. The average Bonchev–Trinajstić information content (AvgIpc) is 2.13. The molecule has 2 nitrogen and oxygen atoms in total. The van der Waals surface area contributed by atoms with Crippen LogP contribution in [0.3, 0.4) is 0 Å². The van der Waals surface area contributed by atoms with Crippen molar-refractivity contribution in [1.29, 1.82) is 0 Å². The van der Waals surface area contributed by atoms with Gasteiger partial charge in [0.25, 0.3) is 0 Å². The molecule has 1 aromatic rings. The van der Waals surface area contributed by atoms with Gasteiger partial charge in [-0.15, -0.1) is 0 Å². The van der Waals surface area contributed by atoms with E-state index in [4.69, 9.17) is 4.74 Å². The lowest BCUT2D eigenvalue weighted by Crippen LogP contribution is -2.24. The third kappa shape index (κ3) is 4.15. The Hall–Kier alpha value is -0.790. The van der Waals surface area contributed by atoms with Gasteiger partial charge in [-0.1, -0.05) is 0 Å². The Kier molecular flexibility index (Phi) is 4.30. The van der Waals surface area contributed by atoms with E-state index >= 15 is 0 Å². The van der Waals surface area contributed by atoms with Gasteiger partial charge in [0.05, 0.1) is 11.1 Å². The molecule has 0 saturated heterocycles. The largest absolute Gasteiger partial charge is 0.456 e. The molecule has 0 unspecified atom stereocenters. The molecule has 18 heavy (non-hydrogen) atoms. The van der Waals surface area contributed by atoms with E-state index in [0.717, 1.165) is 12.1 Å². The van der Waals surface area contributed by atoms with Crippen LogP contribution in [0.25, 0.3) is 0 Å². The zero-order valence-corrected chi connectivity index (χ0v) is 12.2.